The average Bonchev–Trinajstić information content (AvgIpc) is 3.03. The van der Waals surface area contributed by atoms with Crippen LogP contribution in [-0.4, -0.2) is 72.0 Å². The molecule has 2 saturated heterocycles. The summed E-state index contributed by atoms with van der Waals surface area (Å²) >= 11 is 1.95. The van der Waals surface area contributed by atoms with Crippen molar-refractivity contribution in [3.63, 3.8) is 0 Å². The zero-order valence-electron chi connectivity index (χ0n) is 14.1. The molecule has 1 aromatic rings. The smallest absolute Gasteiger partial charge is 0.239 e. The zero-order chi connectivity index (χ0) is 16.2. The van der Waals surface area contributed by atoms with Crippen molar-refractivity contribution in [2.24, 2.45) is 0 Å². The Hall–Kier alpha value is -1.27. The summed E-state index contributed by atoms with van der Waals surface area (Å²) in [6, 6.07) is 4.23. The summed E-state index contributed by atoms with van der Waals surface area (Å²) in [6.45, 7) is 3.65. The average molecular weight is 334 g/mol. The van der Waals surface area contributed by atoms with Crippen LogP contribution in [-0.2, 0) is 11.3 Å². The van der Waals surface area contributed by atoms with Crippen LogP contribution in [0.15, 0.2) is 18.3 Å². The Kier molecular flexibility index (Phi) is 5.43. The molecule has 2 aliphatic heterocycles. The molecule has 0 radical (unpaired) electrons. The van der Waals surface area contributed by atoms with Crippen LogP contribution in [0.2, 0.25) is 0 Å². The molecule has 0 saturated carbocycles. The summed E-state index contributed by atoms with van der Waals surface area (Å²) in [6.07, 6.45) is 4.04. The lowest BCUT2D eigenvalue weighted by atomic mass is 10.1. The summed E-state index contributed by atoms with van der Waals surface area (Å²) in [5, 5.41) is 0. The number of pyridine rings is 1. The molecule has 0 aromatic carbocycles. The van der Waals surface area contributed by atoms with Gasteiger partial charge in [0.2, 0.25) is 5.91 Å². The molecule has 5 nitrogen and oxygen atoms in total. The van der Waals surface area contributed by atoms with E-state index in [0.29, 0.717) is 5.91 Å². The minimum atomic E-state index is 0.0617. The van der Waals surface area contributed by atoms with Gasteiger partial charge in [-0.05, 0) is 31.0 Å². The number of likely N-dealkylation sites (tertiary alicyclic amines) is 1. The largest absolute Gasteiger partial charge is 0.363 e. The van der Waals surface area contributed by atoms with Crippen LogP contribution in [0.3, 0.4) is 0 Å². The molecular formula is C17H26N4OS. The van der Waals surface area contributed by atoms with Gasteiger partial charge in [-0.25, -0.2) is 4.98 Å². The van der Waals surface area contributed by atoms with Crippen molar-refractivity contribution in [3.8, 4) is 0 Å². The maximum atomic E-state index is 12.8. The lowest BCUT2D eigenvalue weighted by molar-refractivity contribution is -0.135. The van der Waals surface area contributed by atoms with Gasteiger partial charge in [0.15, 0.2) is 0 Å². The number of aromatic nitrogens is 1. The fourth-order valence-corrected chi connectivity index (χ4v) is 4.20. The van der Waals surface area contributed by atoms with Gasteiger partial charge in [0.25, 0.3) is 0 Å². The second-order valence-electron chi connectivity index (χ2n) is 6.49. The fourth-order valence-electron chi connectivity index (χ4n) is 3.30. The van der Waals surface area contributed by atoms with Crippen LogP contribution < -0.4 is 4.90 Å². The van der Waals surface area contributed by atoms with E-state index in [-0.39, 0.29) is 6.04 Å². The third-order valence-electron chi connectivity index (χ3n) is 4.62. The Balaban J connectivity index is 1.63. The minimum absolute atomic E-state index is 0.0617. The predicted octanol–water partition coefficient (Wildman–Crippen LogP) is 1.69. The van der Waals surface area contributed by atoms with Gasteiger partial charge in [-0.1, -0.05) is 6.07 Å². The highest BCUT2D eigenvalue weighted by molar-refractivity contribution is 7.99. The topological polar surface area (TPSA) is 39.7 Å². The van der Waals surface area contributed by atoms with Crippen LogP contribution in [0.5, 0.6) is 0 Å². The van der Waals surface area contributed by atoms with E-state index in [1.165, 1.54) is 5.56 Å². The predicted molar refractivity (Wildman–Crippen MR) is 95.9 cm³/mol. The standard InChI is InChI=1S/C17H26N4OS/c1-19(2)16-6-5-14(12-18-16)13-21-7-3-4-15(21)17(22)20-8-10-23-11-9-20/h5-6,12,15H,3-4,7-11,13H2,1-2H3/t15-/m0/s1. The molecule has 6 heteroatoms. The Morgan fingerprint density at radius 1 is 1.30 bits per heavy atom. The first-order valence-corrected chi connectivity index (χ1v) is 9.53. The van der Waals surface area contributed by atoms with Gasteiger partial charge in [-0.2, -0.15) is 11.8 Å². The third kappa shape index (κ3) is 3.98. The van der Waals surface area contributed by atoms with Crippen molar-refractivity contribution in [1.82, 2.24) is 14.8 Å². The van der Waals surface area contributed by atoms with Crippen molar-refractivity contribution < 1.29 is 4.79 Å². The van der Waals surface area contributed by atoms with Gasteiger partial charge < -0.3 is 9.80 Å². The first-order valence-electron chi connectivity index (χ1n) is 8.38. The van der Waals surface area contributed by atoms with Crippen molar-refractivity contribution >= 4 is 23.5 Å². The van der Waals surface area contributed by atoms with E-state index in [0.717, 1.165) is 56.3 Å². The SMILES string of the molecule is CN(C)c1ccc(CN2CCC[C@H]2C(=O)N2CCSCC2)cn1. The molecule has 0 spiro atoms. The monoisotopic (exact) mass is 334 g/mol. The summed E-state index contributed by atoms with van der Waals surface area (Å²) in [4.78, 5) is 23.7. The molecular weight excluding hydrogens is 308 g/mol. The molecule has 3 rings (SSSR count). The maximum absolute atomic E-state index is 12.8. The number of anilines is 1. The highest BCUT2D eigenvalue weighted by Crippen LogP contribution is 2.23. The summed E-state index contributed by atoms with van der Waals surface area (Å²) in [5.74, 6) is 3.46. The molecule has 1 aromatic heterocycles. The molecule has 0 N–H and O–H groups in total. The lowest BCUT2D eigenvalue weighted by Gasteiger charge is -2.32. The minimum Gasteiger partial charge on any atom is -0.363 e. The van der Waals surface area contributed by atoms with Gasteiger partial charge in [-0.3, -0.25) is 9.69 Å². The summed E-state index contributed by atoms with van der Waals surface area (Å²) in [7, 11) is 3.99. The van der Waals surface area contributed by atoms with E-state index in [1.807, 2.05) is 43.0 Å². The van der Waals surface area contributed by atoms with Crippen molar-refractivity contribution in [2.45, 2.75) is 25.4 Å². The molecule has 2 aliphatic rings. The molecule has 1 amide bonds. The van der Waals surface area contributed by atoms with Crippen molar-refractivity contribution in [3.05, 3.63) is 23.9 Å². The van der Waals surface area contributed by atoms with Crippen LogP contribution >= 0.6 is 11.8 Å². The molecule has 0 unspecified atom stereocenters. The number of hydrogen-bond acceptors (Lipinski definition) is 5. The highest BCUT2D eigenvalue weighted by atomic mass is 32.2. The van der Waals surface area contributed by atoms with E-state index in [1.54, 1.807) is 0 Å². The third-order valence-corrected chi connectivity index (χ3v) is 5.57. The summed E-state index contributed by atoms with van der Waals surface area (Å²) < 4.78 is 0. The van der Waals surface area contributed by atoms with Gasteiger partial charge in [0.1, 0.15) is 5.82 Å². The van der Waals surface area contributed by atoms with E-state index in [2.05, 4.69) is 20.9 Å². The number of thioether (sulfide) groups is 1. The van der Waals surface area contributed by atoms with Crippen molar-refractivity contribution in [2.75, 3.05) is 50.1 Å². The van der Waals surface area contributed by atoms with Gasteiger partial charge in [-0.15, -0.1) is 0 Å². The van der Waals surface area contributed by atoms with E-state index >= 15 is 0 Å². The molecule has 126 valence electrons. The molecule has 23 heavy (non-hydrogen) atoms. The van der Waals surface area contributed by atoms with Gasteiger partial charge in [0, 0.05) is 51.4 Å². The maximum Gasteiger partial charge on any atom is 0.239 e. The Morgan fingerprint density at radius 2 is 2.09 bits per heavy atom. The lowest BCUT2D eigenvalue weighted by Crippen LogP contribution is -2.48. The number of carbonyl (C=O) groups excluding carboxylic acids is 1. The van der Waals surface area contributed by atoms with Gasteiger partial charge >= 0.3 is 0 Å². The molecule has 1 atom stereocenters. The Bertz CT molecular complexity index is 528. The Labute approximate surface area is 143 Å². The summed E-state index contributed by atoms with van der Waals surface area (Å²) in [5.41, 5.74) is 1.18. The van der Waals surface area contributed by atoms with E-state index in [9.17, 15) is 4.79 Å². The van der Waals surface area contributed by atoms with Crippen LogP contribution in [0, 0.1) is 0 Å². The van der Waals surface area contributed by atoms with Crippen LogP contribution in [0.25, 0.3) is 0 Å². The van der Waals surface area contributed by atoms with Crippen LogP contribution in [0.1, 0.15) is 18.4 Å². The number of hydrogen-bond donors (Lipinski definition) is 0. The number of rotatable bonds is 4. The second kappa shape index (κ2) is 7.53. The highest BCUT2D eigenvalue weighted by Gasteiger charge is 2.34. The zero-order valence-corrected chi connectivity index (χ0v) is 14.9. The fraction of sp³-hybridized carbons (Fsp3) is 0.647. The number of amides is 1. The quantitative estimate of drug-likeness (QED) is 0.838. The first kappa shape index (κ1) is 16.6. The van der Waals surface area contributed by atoms with E-state index < -0.39 is 0 Å². The number of carbonyl (C=O) groups is 1. The normalized spacial score (nSPS) is 22.3. The van der Waals surface area contributed by atoms with E-state index in [4.69, 9.17) is 0 Å². The van der Waals surface area contributed by atoms with Gasteiger partial charge in [0.05, 0.1) is 6.04 Å². The van der Waals surface area contributed by atoms with Crippen molar-refractivity contribution in [1.29, 1.82) is 0 Å². The van der Waals surface area contributed by atoms with Crippen LogP contribution in [0.4, 0.5) is 5.82 Å². The molecule has 0 aliphatic carbocycles. The number of nitrogens with zero attached hydrogens (tertiary/aromatic N) is 4. The molecule has 0 bridgehead atoms. The molecule has 3 heterocycles. The molecule has 2 fully saturated rings. The first-order chi connectivity index (χ1) is 11.1. The second-order valence-corrected chi connectivity index (χ2v) is 7.71. The Morgan fingerprint density at radius 3 is 2.74 bits per heavy atom.